The van der Waals surface area contributed by atoms with Gasteiger partial charge in [0.2, 0.25) is 0 Å². The molecule has 4 nitrogen and oxygen atoms in total. The molecule has 0 heterocycles. The summed E-state index contributed by atoms with van der Waals surface area (Å²) < 4.78 is 55.8. The van der Waals surface area contributed by atoms with Gasteiger partial charge in [-0.2, -0.15) is 17.6 Å². The molecule has 0 rings (SSSR count). The molecule has 0 aromatic heterocycles. The molecule has 2 amide bonds. The van der Waals surface area contributed by atoms with Gasteiger partial charge in [0.25, 0.3) is 11.8 Å². The normalized spacial score (nSPS) is 12.1. The van der Waals surface area contributed by atoms with E-state index in [2.05, 4.69) is 13.8 Å². The van der Waals surface area contributed by atoms with Crippen molar-refractivity contribution >= 4 is 11.8 Å². The predicted octanol–water partition coefficient (Wildman–Crippen LogP) is 6.77. The SMILES string of the molecule is CCCCCCCCCCNC(=O)C(F)(F)C(F)(F)C(=O)NCCCCCCCCCC. The lowest BCUT2D eigenvalue weighted by Crippen LogP contribution is -2.59. The van der Waals surface area contributed by atoms with Crippen molar-refractivity contribution in [1.82, 2.24) is 10.6 Å². The van der Waals surface area contributed by atoms with Crippen LogP contribution in [0.15, 0.2) is 0 Å². The van der Waals surface area contributed by atoms with E-state index in [0.717, 1.165) is 77.0 Å². The minimum atomic E-state index is -5.09. The summed E-state index contributed by atoms with van der Waals surface area (Å²) in [5.74, 6) is -14.4. The highest BCUT2D eigenvalue weighted by Crippen LogP contribution is 2.34. The third-order valence-electron chi connectivity index (χ3n) is 5.60. The van der Waals surface area contributed by atoms with Gasteiger partial charge >= 0.3 is 11.8 Å². The zero-order valence-corrected chi connectivity index (χ0v) is 20.1. The molecule has 0 unspecified atom stereocenters. The van der Waals surface area contributed by atoms with Crippen LogP contribution in [0.2, 0.25) is 0 Å². The second kappa shape index (κ2) is 18.1. The fourth-order valence-corrected chi connectivity index (χ4v) is 3.43. The molecule has 0 radical (unpaired) electrons. The Morgan fingerprint density at radius 3 is 1.03 bits per heavy atom. The molecule has 0 aromatic carbocycles. The average molecular weight is 469 g/mol. The molecule has 0 fully saturated rings. The number of amides is 2. The van der Waals surface area contributed by atoms with E-state index in [-0.39, 0.29) is 13.1 Å². The van der Waals surface area contributed by atoms with Gasteiger partial charge in [0.15, 0.2) is 0 Å². The Balaban J connectivity index is 4.09. The third kappa shape index (κ3) is 12.6. The summed E-state index contributed by atoms with van der Waals surface area (Å²) in [4.78, 5) is 23.3. The van der Waals surface area contributed by atoms with Crippen LogP contribution in [-0.4, -0.2) is 36.7 Å². The van der Waals surface area contributed by atoms with Gasteiger partial charge < -0.3 is 10.6 Å². The Kier molecular flexibility index (Phi) is 17.4. The van der Waals surface area contributed by atoms with E-state index in [9.17, 15) is 27.2 Å². The smallest absolute Gasteiger partial charge is 0.351 e. The lowest BCUT2D eigenvalue weighted by atomic mass is 10.1. The van der Waals surface area contributed by atoms with Gasteiger partial charge in [-0.05, 0) is 12.8 Å². The lowest BCUT2D eigenvalue weighted by Gasteiger charge is -2.24. The standard InChI is InChI=1S/C24H44F4N2O2/c1-3-5-7-9-11-13-15-17-19-29-21(31)23(25,26)24(27,28)22(32)30-20-18-16-14-12-10-8-6-4-2/h3-20H2,1-2H3,(H,29,31)(H,30,32). The summed E-state index contributed by atoms with van der Waals surface area (Å²) in [5.41, 5.74) is 0. The number of carbonyl (C=O) groups is 2. The Hall–Kier alpha value is -1.34. The van der Waals surface area contributed by atoms with Gasteiger partial charge in [-0.25, -0.2) is 0 Å². The number of rotatable bonds is 21. The Bertz CT molecular complexity index is 458. The van der Waals surface area contributed by atoms with E-state index < -0.39 is 23.7 Å². The Labute approximate surface area is 191 Å². The van der Waals surface area contributed by atoms with Gasteiger partial charge in [-0.3, -0.25) is 9.59 Å². The first-order valence-electron chi connectivity index (χ1n) is 12.5. The summed E-state index contributed by atoms with van der Waals surface area (Å²) in [6.07, 6.45) is 15.4. The van der Waals surface area contributed by atoms with Gasteiger partial charge in [-0.15, -0.1) is 0 Å². The molecule has 0 saturated carbocycles. The maximum absolute atomic E-state index is 13.9. The number of alkyl halides is 4. The molecule has 0 aromatic rings. The molecule has 0 aliphatic rings. The van der Waals surface area contributed by atoms with Crippen LogP contribution in [-0.2, 0) is 9.59 Å². The average Bonchev–Trinajstić information content (AvgIpc) is 2.76. The number of carbonyl (C=O) groups excluding carboxylic acids is 2. The highest BCUT2D eigenvalue weighted by Gasteiger charge is 2.66. The molecular weight excluding hydrogens is 424 g/mol. The fraction of sp³-hybridized carbons (Fsp3) is 0.917. The molecule has 0 atom stereocenters. The van der Waals surface area contributed by atoms with Crippen LogP contribution >= 0.6 is 0 Å². The van der Waals surface area contributed by atoms with Crippen LogP contribution in [0.3, 0.4) is 0 Å². The van der Waals surface area contributed by atoms with E-state index in [4.69, 9.17) is 0 Å². The van der Waals surface area contributed by atoms with Crippen molar-refractivity contribution in [2.24, 2.45) is 0 Å². The zero-order valence-electron chi connectivity index (χ0n) is 20.1. The second-order valence-corrected chi connectivity index (χ2v) is 8.61. The maximum Gasteiger partial charge on any atom is 0.395 e. The molecule has 0 saturated heterocycles. The highest BCUT2D eigenvalue weighted by atomic mass is 19.3. The van der Waals surface area contributed by atoms with Crippen molar-refractivity contribution in [2.75, 3.05) is 13.1 Å². The monoisotopic (exact) mass is 468 g/mol. The summed E-state index contributed by atoms with van der Waals surface area (Å²) >= 11 is 0. The van der Waals surface area contributed by atoms with Gasteiger partial charge in [-0.1, -0.05) is 104 Å². The van der Waals surface area contributed by atoms with Gasteiger partial charge in [0.05, 0.1) is 0 Å². The van der Waals surface area contributed by atoms with Crippen LogP contribution in [0.1, 0.15) is 117 Å². The first kappa shape index (κ1) is 30.7. The molecule has 0 aliphatic heterocycles. The fourth-order valence-electron chi connectivity index (χ4n) is 3.43. The Morgan fingerprint density at radius 1 is 0.500 bits per heavy atom. The van der Waals surface area contributed by atoms with E-state index in [1.807, 2.05) is 10.6 Å². The van der Waals surface area contributed by atoms with Gasteiger partial charge in [0.1, 0.15) is 0 Å². The van der Waals surface area contributed by atoms with Crippen molar-refractivity contribution in [1.29, 1.82) is 0 Å². The number of hydrogen-bond acceptors (Lipinski definition) is 2. The van der Waals surface area contributed by atoms with E-state index in [1.165, 1.54) is 12.8 Å². The van der Waals surface area contributed by atoms with Crippen LogP contribution in [0.5, 0.6) is 0 Å². The first-order chi connectivity index (χ1) is 15.2. The van der Waals surface area contributed by atoms with Crippen molar-refractivity contribution < 1.29 is 27.2 Å². The van der Waals surface area contributed by atoms with Crippen LogP contribution in [0, 0.1) is 0 Å². The molecule has 190 valence electrons. The molecule has 2 N–H and O–H groups in total. The minimum Gasteiger partial charge on any atom is -0.351 e. The summed E-state index contributed by atoms with van der Waals surface area (Å²) in [6, 6.07) is 0. The molecule has 0 aliphatic carbocycles. The van der Waals surface area contributed by atoms with E-state index in [0.29, 0.717) is 12.8 Å². The number of nitrogens with one attached hydrogen (secondary N) is 2. The summed E-state index contributed by atoms with van der Waals surface area (Å²) in [5, 5.41) is 3.70. The number of unbranched alkanes of at least 4 members (excludes halogenated alkanes) is 14. The highest BCUT2D eigenvalue weighted by molar-refractivity contribution is 5.95. The maximum atomic E-state index is 13.9. The van der Waals surface area contributed by atoms with E-state index in [1.54, 1.807) is 0 Å². The predicted molar refractivity (Wildman–Crippen MR) is 121 cm³/mol. The first-order valence-corrected chi connectivity index (χ1v) is 12.5. The Morgan fingerprint density at radius 2 is 0.750 bits per heavy atom. The van der Waals surface area contributed by atoms with Crippen molar-refractivity contribution in [3.63, 3.8) is 0 Å². The molecule has 0 spiro atoms. The van der Waals surface area contributed by atoms with Crippen LogP contribution in [0.25, 0.3) is 0 Å². The van der Waals surface area contributed by atoms with Crippen molar-refractivity contribution in [2.45, 2.75) is 128 Å². The van der Waals surface area contributed by atoms with Crippen molar-refractivity contribution in [3.05, 3.63) is 0 Å². The van der Waals surface area contributed by atoms with Crippen LogP contribution in [0.4, 0.5) is 17.6 Å². The molecular formula is C24H44F4N2O2. The largest absolute Gasteiger partial charge is 0.395 e. The zero-order chi connectivity index (χ0) is 24.3. The summed E-state index contributed by atoms with van der Waals surface area (Å²) in [6.45, 7) is 4.03. The van der Waals surface area contributed by atoms with Crippen LogP contribution < -0.4 is 10.6 Å². The lowest BCUT2D eigenvalue weighted by molar-refractivity contribution is -0.211. The minimum absolute atomic E-state index is 0.112. The third-order valence-corrected chi connectivity index (χ3v) is 5.60. The topological polar surface area (TPSA) is 58.2 Å². The second-order valence-electron chi connectivity index (χ2n) is 8.61. The molecule has 0 bridgehead atoms. The molecule has 8 heteroatoms. The number of hydrogen-bond donors (Lipinski definition) is 2. The van der Waals surface area contributed by atoms with E-state index >= 15 is 0 Å². The quantitative estimate of drug-likeness (QED) is 0.144. The van der Waals surface area contributed by atoms with Gasteiger partial charge in [0, 0.05) is 13.1 Å². The molecule has 32 heavy (non-hydrogen) atoms. The van der Waals surface area contributed by atoms with Crippen molar-refractivity contribution in [3.8, 4) is 0 Å². The summed E-state index contributed by atoms with van der Waals surface area (Å²) in [7, 11) is 0. The number of halogens is 4.